The van der Waals surface area contributed by atoms with Crippen LogP contribution in [0.25, 0.3) is 0 Å². The lowest BCUT2D eigenvalue weighted by atomic mass is 10.3. The molecule has 1 aliphatic heterocycles. The summed E-state index contributed by atoms with van der Waals surface area (Å²) in [5.41, 5.74) is 5.82. The van der Waals surface area contributed by atoms with Crippen LogP contribution in [0.4, 0.5) is 0 Å². The minimum Gasteiger partial charge on any atom is -0.378 e. The summed E-state index contributed by atoms with van der Waals surface area (Å²) in [6, 6.07) is 0.301. The lowest BCUT2D eigenvalue weighted by Crippen LogP contribution is -2.40. The number of nitrogens with zero attached hydrogens (tertiary/aromatic N) is 1. The van der Waals surface area contributed by atoms with E-state index in [0.29, 0.717) is 25.7 Å². The molecule has 1 amide bonds. The van der Waals surface area contributed by atoms with E-state index in [1.165, 1.54) is 0 Å². The van der Waals surface area contributed by atoms with Crippen molar-refractivity contribution in [2.45, 2.75) is 32.2 Å². The highest BCUT2D eigenvalue weighted by molar-refractivity contribution is 7.99. The zero-order chi connectivity index (χ0) is 12.5. The first kappa shape index (κ1) is 14.8. The number of carbonyl (C=O) groups is 1. The van der Waals surface area contributed by atoms with Gasteiger partial charge in [-0.15, -0.1) is 0 Å². The normalized spacial score (nSPS) is 18.1. The van der Waals surface area contributed by atoms with E-state index in [9.17, 15) is 4.79 Å². The van der Waals surface area contributed by atoms with Crippen molar-refractivity contribution in [3.8, 4) is 0 Å². The maximum atomic E-state index is 11.8. The largest absolute Gasteiger partial charge is 0.378 e. The molecule has 1 unspecified atom stereocenters. The number of carbonyl (C=O) groups excluding carboxylic acids is 1. The summed E-state index contributed by atoms with van der Waals surface area (Å²) >= 11 is 1.85. The molecule has 0 aromatic heterocycles. The zero-order valence-electron chi connectivity index (χ0n) is 10.7. The van der Waals surface area contributed by atoms with E-state index >= 15 is 0 Å². The van der Waals surface area contributed by atoms with Gasteiger partial charge in [0.2, 0.25) is 5.91 Å². The van der Waals surface area contributed by atoms with Gasteiger partial charge in [0.15, 0.2) is 0 Å². The standard InChI is InChI=1S/C12H24N2O2S/c1-2-11(13)10-17-9-3-4-12(15)14-5-7-16-8-6-14/h11H,2-10,13H2,1H3. The van der Waals surface area contributed by atoms with Crippen LogP contribution < -0.4 is 5.73 Å². The van der Waals surface area contributed by atoms with Crippen LogP contribution in [0, 0.1) is 0 Å². The van der Waals surface area contributed by atoms with Gasteiger partial charge in [0.05, 0.1) is 13.2 Å². The summed E-state index contributed by atoms with van der Waals surface area (Å²) in [6.45, 7) is 4.99. The van der Waals surface area contributed by atoms with E-state index < -0.39 is 0 Å². The molecular formula is C12H24N2O2S. The first-order valence-corrected chi connectivity index (χ1v) is 7.58. The molecule has 2 N–H and O–H groups in total. The van der Waals surface area contributed by atoms with Crippen molar-refractivity contribution in [2.24, 2.45) is 5.73 Å². The minimum absolute atomic E-state index is 0.272. The predicted molar refractivity (Wildman–Crippen MR) is 72.2 cm³/mol. The highest BCUT2D eigenvalue weighted by Crippen LogP contribution is 2.09. The van der Waals surface area contributed by atoms with Crippen molar-refractivity contribution < 1.29 is 9.53 Å². The van der Waals surface area contributed by atoms with Gasteiger partial charge in [-0.3, -0.25) is 4.79 Å². The fourth-order valence-corrected chi connectivity index (χ4v) is 2.70. The van der Waals surface area contributed by atoms with Crippen molar-refractivity contribution in [1.82, 2.24) is 4.90 Å². The first-order chi connectivity index (χ1) is 8.24. The highest BCUT2D eigenvalue weighted by atomic mass is 32.2. The molecule has 0 bridgehead atoms. The third kappa shape index (κ3) is 6.29. The Morgan fingerprint density at radius 3 is 2.82 bits per heavy atom. The lowest BCUT2D eigenvalue weighted by Gasteiger charge is -2.26. The molecule has 4 nitrogen and oxygen atoms in total. The zero-order valence-corrected chi connectivity index (χ0v) is 11.5. The topological polar surface area (TPSA) is 55.6 Å². The predicted octanol–water partition coefficient (Wildman–Crippen LogP) is 1.10. The third-order valence-electron chi connectivity index (χ3n) is 2.90. The van der Waals surface area contributed by atoms with Crippen LogP contribution in [0.15, 0.2) is 0 Å². The van der Waals surface area contributed by atoms with E-state index in [2.05, 4.69) is 6.92 Å². The molecule has 0 aromatic carbocycles. The number of hydrogen-bond acceptors (Lipinski definition) is 4. The van der Waals surface area contributed by atoms with Gasteiger partial charge in [0.25, 0.3) is 0 Å². The van der Waals surface area contributed by atoms with Gasteiger partial charge in [-0.25, -0.2) is 0 Å². The van der Waals surface area contributed by atoms with Gasteiger partial charge in [0, 0.05) is 31.3 Å². The van der Waals surface area contributed by atoms with Crippen molar-refractivity contribution in [3.05, 3.63) is 0 Å². The lowest BCUT2D eigenvalue weighted by molar-refractivity contribution is -0.135. The average Bonchev–Trinajstić information content (AvgIpc) is 2.38. The molecule has 1 saturated heterocycles. The Morgan fingerprint density at radius 2 is 2.18 bits per heavy atom. The number of thioether (sulfide) groups is 1. The second kappa shape index (κ2) is 8.78. The molecule has 0 spiro atoms. The van der Waals surface area contributed by atoms with E-state index in [1.807, 2.05) is 16.7 Å². The molecule has 0 aliphatic carbocycles. The van der Waals surface area contributed by atoms with Gasteiger partial charge >= 0.3 is 0 Å². The van der Waals surface area contributed by atoms with Crippen LogP contribution in [0.2, 0.25) is 0 Å². The number of hydrogen-bond donors (Lipinski definition) is 1. The molecule has 0 saturated carbocycles. The Kier molecular flexibility index (Phi) is 7.64. The number of rotatable bonds is 7. The summed E-state index contributed by atoms with van der Waals surface area (Å²) in [4.78, 5) is 13.7. The fraction of sp³-hybridized carbons (Fsp3) is 0.917. The Hall–Kier alpha value is -0.260. The molecule has 0 radical (unpaired) electrons. The van der Waals surface area contributed by atoms with Gasteiger partial charge in [-0.2, -0.15) is 11.8 Å². The maximum Gasteiger partial charge on any atom is 0.222 e. The Labute approximate surface area is 108 Å². The Bertz CT molecular complexity index is 221. The number of nitrogens with two attached hydrogens (primary N) is 1. The van der Waals surface area contributed by atoms with E-state index in [0.717, 1.165) is 37.4 Å². The van der Waals surface area contributed by atoms with Crippen molar-refractivity contribution in [3.63, 3.8) is 0 Å². The molecule has 17 heavy (non-hydrogen) atoms. The quantitative estimate of drug-likeness (QED) is 0.696. The first-order valence-electron chi connectivity index (χ1n) is 6.43. The van der Waals surface area contributed by atoms with Crippen molar-refractivity contribution >= 4 is 17.7 Å². The fourth-order valence-electron chi connectivity index (χ4n) is 1.65. The van der Waals surface area contributed by atoms with Crippen LogP contribution in [-0.2, 0) is 9.53 Å². The summed E-state index contributed by atoms with van der Waals surface area (Å²) < 4.78 is 5.22. The molecule has 1 aliphatic rings. The number of amides is 1. The van der Waals surface area contributed by atoms with E-state index in [-0.39, 0.29) is 5.91 Å². The van der Waals surface area contributed by atoms with Gasteiger partial charge in [-0.05, 0) is 18.6 Å². The number of ether oxygens (including phenoxy) is 1. The maximum absolute atomic E-state index is 11.8. The van der Waals surface area contributed by atoms with Gasteiger partial charge in [0.1, 0.15) is 0 Å². The summed E-state index contributed by atoms with van der Waals surface area (Å²) in [5.74, 6) is 2.31. The van der Waals surface area contributed by atoms with Crippen LogP contribution in [0.5, 0.6) is 0 Å². The molecule has 1 atom stereocenters. The monoisotopic (exact) mass is 260 g/mol. The third-order valence-corrected chi connectivity index (χ3v) is 4.14. The van der Waals surface area contributed by atoms with Crippen LogP contribution in [0.1, 0.15) is 26.2 Å². The summed E-state index contributed by atoms with van der Waals surface area (Å²) in [7, 11) is 0. The second-order valence-electron chi connectivity index (χ2n) is 4.34. The summed E-state index contributed by atoms with van der Waals surface area (Å²) in [5, 5.41) is 0. The van der Waals surface area contributed by atoms with Crippen molar-refractivity contribution in [1.29, 1.82) is 0 Å². The minimum atomic E-state index is 0.272. The number of morpholine rings is 1. The molecule has 1 rings (SSSR count). The average molecular weight is 260 g/mol. The Balaban J connectivity index is 2.00. The van der Waals surface area contributed by atoms with Crippen LogP contribution >= 0.6 is 11.8 Å². The molecule has 5 heteroatoms. The van der Waals surface area contributed by atoms with Gasteiger partial charge < -0.3 is 15.4 Å². The molecule has 0 aromatic rings. The SMILES string of the molecule is CCC(N)CSCCCC(=O)N1CCOCC1. The smallest absolute Gasteiger partial charge is 0.222 e. The molecule has 1 heterocycles. The van der Waals surface area contributed by atoms with Gasteiger partial charge in [-0.1, -0.05) is 6.92 Å². The van der Waals surface area contributed by atoms with Crippen LogP contribution in [-0.4, -0.2) is 54.7 Å². The van der Waals surface area contributed by atoms with E-state index in [1.54, 1.807) is 0 Å². The molecule has 100 valence electrons. The van der Waals surface area contributed by atoms with Crippen molar-refractivity contribution in [2.75, 3.05) is 37.8 Å². The highest BCUT2D eigenvalue weighted by Gasteiger charge is 2.15. The molecule has 1 fully saturated rings. The summed E-state index contributed by atoms with van der Waals surface area (Å²) in [6.07, 6.45) is 2.64. The Morgan fingerprint density at radius 1 is 1.47 bits per heavy atom. The van der Waals surface area contributed by atoms with E-state index in [4.69, 9.17) is 10.5 Å². The van der Waals surface area contributed by atoms with Crippen LogP contribution in [0.3, 0.4) is 0 Å². The second-order valence-corrected chi connectivity index (χ2v) is 5.49. The molecular weight excluding hydrogens is 236 g/mol.